The second kappa shape index (κ2) is 10.8. The summed E-state index contributed by atoms with van der Waals surface area (Å²) in [6, 6.07) is 12.3. The molecule has 188 valence electrons. The van der Waals surface area contributed by atoms with Crippen molar-refractivity contribution in [3.63, 3.8) is 0 Å². The monoisotopic (exact) mass is 488 g/mol. The molecule has 5 rings (SSSR count). The molecule has 10 heteroatoms. The molecule has 2 saturated heterocycles. The first-order chi connectivity index (χ1) is 17.5. The highest BCUT2D eigenvalue weighted by Crippen LogP contribution is 2.29. The van der Waals surface area contributed by atoms with E-state index in [2.05, 4.69) is 30.7 Å². The maximum atomic E-state index is 12.6. The SMILES string of the molecule is Cc1ccc(C(=O)Nc2ccc(Nc3nc(N4CCCCC4)nc(N4CCNCC4)n3)cc2O)cc1. The summed E-state index contributed by atoms with van der Waals surface area (Å²) in [5, 5.41) is 19.9. The predicted molar refractivity (Wildman–Crippen MR) is 141 cm³/mol. The Bertz CT molecular complexity index is 1170. The molecule has 4 N–H and O–H groups in total. The fourth-order valence-corrected chi connectivity index (χ4v) is 4.39. The number of nitrogens with zero attached hydrogens (tertiary/aromatic N) is 5. The Kier molecular flexibility index (Phi) is 7.13. The second-order valence-corrected chi connectivity index (χ2v) is 9.22. The highest BCUT2D eigenvalue weighted by Gasteiger charge is 2.20. The van der Waals surface area contributed by atoms with Gasteiger partial charge in [-0.05, 0) is 50.5 Å². The number of aryl methyl sites for hydroxylation is 1. The number of piperazine rings is 1. The molecule has 0 spiro atoms. The maximum absolute atomic E-state index is 12.6. The summed E-state index contributed by atoms with van der Waals surface area (Å²) in [7, 11) is 0. The Hall–Kier alpha value is -3.92. The van der Waals surface area contributed by atoms with Crippen LogP contribution >= 0.6 is 0 Å². The number of carbonyl (C=O) groups excluding carboxylic acids is 1. The molecule has 2 fully saturated rings. The number of carbonyl (C=O) groups is 1. The molecule has 36 heavy (non-hydrogen) atoms. The van der Waals surface area contributed by atoms with Crippen molar-refractivity contribution in [1.29, 1.82) is 0 Å². The average molecular weight is 489 g/mol. The number of piperidine rings is 1. The minimum Gasteiger partial charge on any atom is -0.506 e. The standard InChI is InChI=1S/C26H32N8O2/c1-18-5-7-19(8-6-18)23(36)29-21-10-9-20(17-22(21)35)28-24-30-25(33-13-3-2-4-14-33)32-26(31-24)34-15-11-27-12-16-34/h5-10,17,27,35H,2-4,11-16H2,1H3,(H,29,36)(H,28,30,31,32). The summed E-state index contributed by atoms with van der Waals surface area (Å²) in [4.78, 5) is 31.1. The molecule has 3 heterocycles. The zero-order chi connectivity index (χ0) is 24.9. The van der Waals surface area contributed by atoms with Crippen LogP contribution < -0.4 is 25.8 Å². The molecular weight excluding hydrogens is 456 g/mol. The first kappa shape index (κ1) is 23.8. The summed E-state index contributed by atoms with van der Waals surface area (Å²) in [6.07, 6.45) is 3.48. The quantitative estimate of drug-likeness (QED) is 0.388. The molecule has 0 bridgehead atoms. The molecule has 1 amide bonds. The molecule has 0 saturated carbocycles. The van der Waals surface area contributed by atoms with Crippen molar-refractivity contribution >= 4 is 35.1 Å². The lowest BCUT2D eigenvalue weighted by molar-refractivity contribution is 0.102. The van der Waals surface area contributed by atoms with Gasteiger partial charge in [-0.3, -0.25) is 4.79 Å². The van der Waals surface area contributed by atoms with Crippen LogP contribution in [0.3, 0.4) is 0 Å². The van der Waals surface area contributed by atoms with Gasteiger partial charge in [0.25, 0.3) is 5.91 Å². The third-order valence-corrected chi connectivity index (χ3v) is 6.47. The van der Waals surface area contributed by atoms with Gasteiger partial charge in [-0.1, -0.05) is 17.7 Å². The zero-order valence-corrected chi connectivity index (χ0v) is 20.5. The van der Waals surface area contributed by atoms with Gasteiger partial charge in [0.15, 0.2) is 0 Å². The second-order valence-electron chi connectivity index (χ2n) is 9.22. The number of rotatable bonds is 6. The Morgan fingerprint density at radius 2 is 1.56 bits per heavy atom. The van der Waals surface area contributed by atoms with Crippen molar-refractivity contribution in [2.75, 3.05) is 59.7 Å². The maximum Gasteiger partial charge on any atom is 0.255 e. The summed E-state index contributed by atoms with van der Waals surface area (Å²) in [5.41, 5.74) is 2.55. The molecule has 1 aromatic heterocycles. The van der Waals surface area contributed by atoms with Gasteiger partial charge in [-0.15, -0.1) is 0 Å². The van der Waals surface area contributed by atoms with Crippen molar-refractivity contribution in [2.45, 2.75) is 26.2 Å². The first-order valence-electron chi connectivity index (χ1n) is 12.5. The minimum atomic E-state index is -0.282. The first-order valence-corrected chi connectivity index (χ1v) is 12.5. The molecule has 2 aliphatic rings. The summed E-state index contributed by atoms with van der Waals surface area (Å²) in [5.74, 6) is 1.42. The van der Waals surface area contributed by atoms with Crippen molar-refractivity contribution in [3.8, 4) is 5.75 Å². The van der Waals surface area contributed by atoms with E-state index in [4.69, 9.17) is 9.97 Å². The van der Waals surface area contributed by atoms with E-state index in [0.29, 0.717) is 34.8 Å². The molecule has 2 aromatic carbocycles. The third kappa shape index (κ3) is 5.65. The van der Waals surface area contributed by atoms with Crippen LogP contribution in [0, 0.1) is 6.92 Å². The number of aromatic hydroxyl groups is 1. The van der Waals surface area contributed by atoms with E-state index in [1.807, 2.05) is 19.1 Å². The van der Waals surface area contributed by atoms with Crippen molar-refractivity contribution in [1.82, 2.24) is 20.3 Å². The lowest BCUT2D eigenvalue weighted by atomic mass is 10.1. The topological polar surface area (TPSA) is 119 Å². The molecule has 0 atom stereocenters. The molecule has 3 aromatic rings. The van der Waals surface area contributed by atoms with E-state index < -0.39 is 0 Å². The van der Waals surface area contributed by atoms with Crippen molar-refractivity contribution in [2.24, 2.45) is 0 Å². The fraction of sp³-hybridized carbons (Fsp3) is 0.385. The van der Waals surface area contributed by atoms with E-state index in [-0.39, 0.29) is 11.7 Å². The van der Waals surface area contributed by atoms with Crippen molar-refractivity contribution < 1.29 is 9.90 Å². The summed E-state index contributed by atoms with van der Waals surface area (Å²) < 4.78 is 0. The van der Waals surface area contributed by atoms with Crippen LogP contribution in [-0.4, -0.2) is 65.2 Å². The van der Waals surface area contributed by atoms with Gasteiger partial charge in [0, 0.05) is 56.6 Å². The number of nitrogens with one attached hydrogen (secondary N) is 3. The Balaban J connectivity index is 1.35. The fourth-order valence-electron chi connectivity index (χ4n) is 4.39. The van der Waals surface area contributed by atoms with Crippen LogP contribution in [0.4, 0.5) is 29.2 Å². The average Bonchev–Trinajstić information content (AvgIpc) is 2.91. The van der Waals surface area contributed by atoms with E-state index in [9.17, 15) is 9.90 Å². The van der Waals surface area contributed by atoms with Crippen molar-refractivity contribution in [3.05, 3.63) is 53.6 Å². The highest BCUT2D eigenvalue weighted by molar-refractivity contribution is 6.05. The van der Waals surface area contributed by atoms with Gasteiger partial charge < -0.3 is 30.9 Å². The Morgan fingerprint density at radius 1 is 0.889 bits per heavy atom. The van der Waals surface area contributed by atoms with Gasteiger partial charge in [0.05, 0.1) is 5.69 Å². The number of phenolic OH excluding ortho intramolecular Hbond substituents is 1. The number of anilines is 5. The van der Waals surface area contributed by atoms with Gasteiger partial charge in [-0.2, -0.15) is 15.0 Å². The van der Waals surface area contributed by atoms with Gasteiger partial charge >= 0.3 is 0 Å². The van der Waals surface area contributed by atoms with Crippen LogP contribution in [0.25, 0.3) is 0 Å². The largest absolute Gasteiger partial charge is 0.506 e. The normalized spacial score (nSPS) is 16.0. The lowest BCUT2D eigenvalue weighted by Crippen LogP contribution is -2.44. The predicted octanol–water partition coefficient (Wildman–Crippen LogP) is 3.28. The Labute approximate surface area is 210 Å². The van der Waals surface area contributed by atoms with Crippen LogP contribution in [-0.2, 0) is 0 Å². The Morgan fingerprint density at radius 3 is 2.22 bits per heavy atom. The van der Waals surface area contributed by atoms with Gasteiger partial charge in [0.2, 0.25) is 17.8 Å². The van der Waals surface area contributed by atoms with Crippen LogP contribution in [0.2, 0.25) is 0 Å². The smallest absolute Gasteiger partial charge is 0.255 e. The van der Waals surface area contributed by atoms with E-state index in [1.165, 1.54) is 6.42 Å². The van der Waals surface area contributed by atoms with Crippen LogP contribution in [0.1, 0.15) is 35.2 Å². The summed E-state index contributed by atoms with van der Waals surface area (Å²) >= 11 is 0. The molecule has 0 radical (unpaired) electrons. The minimum absolute atomic E-state index is 0.0481. The van der Waals surface area contributed by atoms with Crippen LogP contribution in [0.15, 0.2) is 42.5 Å². The number of amides is 1. The van der Waals surface area contributed by atoms with E-state index >= 15 is 0 Å². The van der Waals surface area contributed by atoms with E-state index in [0.717, 1.165) is 57.7 Å². The number of aromatic nitrogens is 3. The summed E-state index contributed by atoms with van der Waals surface area (Å²) in [6.45, 7) is 7.27. The van der Waals surface area contributed by atoms with Gasteiger partial charge in [-0.25, -0.2) is 0 Å². The molecule has 0 aliphatic carbocycles. The molecule has 10 nitrogen and oxygen atoms in total. The van der Waals surface area contributed by atoms with Gasteiger partial charge in [0.1, 0.15) is 5.75 Å². The molecule has 2 aliphatic heterocycles. The number of hydrogen-bond donors (Lipinski definition) is 4. The number of phenols is 1. The number of hydrogen-bond acceptors (Lipinski definition) is 9. The van der Waals surface area contributed by atoms with E-state index in [1.54, 1.807) is 30.3 Å². The third-order valence-electron chi connectivity index (χ3n) is 6.47. The molecular formula is C26H32N8O2. The van der Waals surface area contributed by atoms with Crippen LogP contribution in [0.5, 0.6) is 5.75 Å². The molecule has 0 unspecified atom stereocenters. The number of benzene rings is 2. The highest BCUT2D eigenvalue weighted by atomic mass is 16.3. The zero-order valence-electron chi connectivity index (χ0n) is 20.5. The lowest BCUT2D eigenvalue weighted by Gasteiger charge is -2.30.